The number of carbonyl (C=O) groups is 1. The molecule has 1 amide bonds. The van der Waals surface area contributed by atoms with Crippen molar-refractivity contribution < 1.29 is 4.79 Å². The number of nitrogens with one attached hydrogen (secondary N) is 1. The normalized spacial score (nSPS) is 13.6. The van der Waals surface area contributed by atoms with Crippen LogP contribution in [0.15, 0.2) is 18.2 Å². The maximum atomic E-state index is 11.9. The minimum absolute atomic E-state index is 0.272. The summed E-state index contributed by atoms with van der Waals surface area (Å²) in [5.41, 5.74) is -0.628. The minimum Gasteiger partial charge on any atom is -0.334 e. The number of hydrogen-bond acceptors (Lipinski definition) is 2. The van der Waals surface area contributed by atoms with Crippen LogP contribution in [0.4, 0.5) is 0 Å². The van der Waals surface area contributed by atoms with Gasteiger partial charge in [-0.15, -0.1) is 0 Å². The summed E-state index contributed by atoms with van der Waals surface area (Å²) in [5.74, 6) is -0.400. The van der Waals surface area contributed by atoms with Crippen LogP contribution in [0.2, 0.25) is 10.0 Å². The topological polar surface area (TPSA) is 52.9 Å². The molecule has 90 valence electrons. The quantitative estimate of drug-likeness (QED) is 0.915. The maximum Gasteiger partial charge on any atom is 0.254 e. The Morgan fingerprint density at radius 3 is 2.71 bits per heavy atom. The van der Waals surface area contributed by atoms with Gasteiger partial charge in [0.2, 0.25) is 0 Å². The van der Waals surface area contributed by atoms with Crippen LogP contribution in [0.1, 0.15) is 30.6 Å². The van der Waals surface area contributed by atoms with Crippen molar-refractivity contribution in [1.29, 1.82) is 5.26 Å². The summed E-state index contributed by atoms with van der Waals surface area (Å²) >= 11 is 11.7. The summed E-state index contributed by atoms with van der Waals surface area (Å²) in [5, 5.41) is 12.3. The van der Waals surface area contributed by atoms with E-state index in [1.165, 1.54) is 6.07 Å². The standard InChI is InChI=1S/C12H12Cl2N2O/c1-3-12(2,7-15)16-11(17)9-6-8(13)4-5-10(9)14/h4-6H,3H2,1-2H3,(H,16,17)/t12-/m1/s1. The number of benzene rings is 1. The summed E-state index contributed by atoms with van der Waals surface area (Å²) in [7, 11) is 0. The van der Waals surface area contributed by atoms with E-state index in [9.17, 15) is 4.79 Å². The zero-order valence-electron chi connectivity index (χ0n) is 9.55. The predicted octanol–water partition coefficient (Wildman–Crippen LogP) is 3.42. The number of carbonyl (C=O) groups excluding carboxylic acids is 1. The van der Waals surface area contributed by atoms with Gasteiger partial charge in [-0.25, -0.2) is 0 Å². The van der Waals surface area contributed by atoms with Crippen molar-refractivity contribution in [2.24, 2.45) is 0 Å². The summed E-state index contributed by atoms with van der Waals surface area (Å²) in [6.45, 7) is 3.48. The third-order valence-electron chi connectivity index (χ3n) is 2.52. The van der Waals surface area contributed by atoms with E-state index in [0.717, 1.165) is 0 Å². The Balaban J connectivity index is 2.99. The zero-order chi connectivity index (χ0) is 13.1. The number of hydrogen-bond donors (Lipinski definition) is 1. The average Bonchev–Trinajstić information content (AvgIpc) is 2.32. The number of rotatable bonds is 3. The third kappa shape index (κ3) is 3.36. The largest absolute Gasteiger partial charge is 0.334 e. The molecule has 0 unspecified atom stereocenters. The lowest BCUT2D eigenvalue weighted by molar-refractivity contribution is 0.0923. The summed E-state index contributed by atoms with van der Waals surface area (Å²) in [6.07, 6.45) is 0.507. The average molecular weight is 271 g/mol. The van der Waals surface area contributed by atoms with Crippen LogP contribution in [-0.4, -0.2) is 11.4 Å². The van der Waals surface area contributed by atoms with Crippen molar-refractivity contribution in [3.8, 4) is 6.07 Å². The van der Waals surface area contributed by atoms with Crippen molar-refractivity contribution in [1.82, 2.24) is 5.32 Å². The molecular weight excluding hydrogens is 259 g/mol. The molecule has 1 rings (SSSR count). The molecule has 0 radical (unpaired) electrons. The van der Waals surface area contributed by atoms with Crippen molar-refractivity contribution in [3.05, 3.63) is 33.8 Å². The molecule has 0 saturated heterocycles. The Morgan fingerprint density at radius 1 is 1.53 bits per heavy atom. The minimum atomic E-state index is -0.900. The van der Waals surface area contributed by atoms with Gasteiger partial charge in [0.15, 0.2) is 0 Å². The molecule has 0 fully saturated rings. The second kappa shape index (κ2) is 5.39. The Morgan fingerprint density at radius 2 is 2.18 bits per heavy atom. The molecule has 1 atom stereocenters. The van der Waals surface area contributed by atoms with Gasteiger partial charge in [-0.05, 0) is 31.5 Å². The lowest BCUT2D eigenvalue weighted by Crippen LogP contribution is -2.44. The third-order valence-corrected chi connectivity index (χ3v) is 3.08. The van der Waals surface area contributed by atoms with Gasteiger partial charge in [-0.2, -0.15) is 5.26 Å². The first-order valence-electron chi connectivity index (χ1n) is 5.10. The molecule has 0 spiro atoms. The van der Waals surface area contributed by atoms with E-state index in [1.54, 1.807) is 19.1 Å². The highest BCUT2D eigenvalue weighted by Crippen LogP contribution is 2.21. The van der Waals surface area contributed by atoms with E-state index in [1.807, 2.05) is 6.92 Å². The van der Waals surface area contributed by atoms with Crippen molar-refractivity contribution in [3.63, 3.8) is 0 Å². The molecule has 3 nitrogen and oxygen atoms in total. The van der Waals surface area contributed by atoms with Gasteiger partial charge in [-0.3, -0.25) is 4.79 Å². The SMILES string of the molecule is CC[C@](C)(C#N)NC(=O)c1cc(Cl)ccc1Cl. The fraction of sp³-hybridized carbons (Fsp3) is 0.333. The molecule has 1 aromatic rings. The number of nitriles is 1. The monoisotopic (exact) mass is 270 g/mol. The van der Waals surface area contributed by atoms with E-state index in [-0.39, 0.29) is 5.56 Å². The van der Waals surface area contributed by atoms with E-state index in [0.29, 0.717) is 16.5 Å². The molecule has 0 heterocycles. The first-order chi connectivity index (χ1) is 7.91. The number of amides is 1. The van der Waals surface area contributed by atoms with Crippen molar-refractivity contribution in [2.75, 3.05) is 0 Å². The van der Waals surface area contributed by atoms with E-state index in [2.05, 4.69) is 11.4 Å². The Hall–Kier alpha value is -1.24. The molecule has 0 aliphatic rings. The predicted molar refractivity (Wildman–Crippen MR) is 68.2 cm³/mol. The Kier molecular flexibility index (Phi) is 4.39. The van der Waals surface area contributed by atoms with Crippen molar-refractivity contribution >= 4 is 29.1 Å². The molecule has 0 aliphatic carbocycles. The molecule has 1 aromatic carbocycles. The maximum absolute atomic E-state index is 11.9. The summed E-state index contributed by atoms with van der Waals surface area (Å²) < 4.78 is 0. The Labute approximate surface area is 110 Å². The van der Waals surface area contributed by atoms with Crippen LogP contribution >= 0.6 is 23.2 Å². The van der Waals surface area contributed by atoms with Gasteiger partial charge in [0, 0.05) is 5.02 Å². The molecule has 0 aliphatic heterocycles. The van der Waals surface area contributed by atoms with Gasteiger partial charge >= 0.3 is 0 Å². The highest BCUT2D eigenvalue weighted by molar-refractivity contribution is 6.35. The van der Waals surface area contributed by atoms with Crippen LogP contribution in [-0.2, 0) is 0 Å². The van der Waals surface area contributed by atoms with Crippen LogP contribution in [0.3, 0.4) is 0 Å². The van der Waals surface area contributed by atoms with E-state index in [4.69, 9.17) is 28.5 Å². The molecule has 0 saturated carbocycles. The number of halogens is 2. The van der Waals surface area contributed by atoms with Crippen LogP contribution in [0, 0.1) is 11.3 Å². The highest BCUT2D eigenvalue weighted by atomic mass is 35.5. The van der Waals surface area contributed by atoms with Crippen molar-refractivity contribution in [2.45, 2.75) is 25.8 Å². The fourth-order valence-electron chi connectivity index (χ4n) is 1.18. The molecule has 0 bridgehead atoms. The molecule has 17 heavy (non-hydrogen) atoms. The van der Waals surface area contributed by atoms with Gasteiger partial charge in [0.25, 0.3) is 5.91 Å². The summed E-state index contributed by atoms with van der Waals surface area (Å²) in [4.78, 5) is 11.9. The van der Waals surface area contributed by atoms with Gasteiger partial charge in [0.05, 0.1) is 16.7 Å². The fourth-order valence-corrected chi connectivity index (χ4v) is 1.56. The molecule has 0 aromatic heterocycles. The number of nitrogens with zero attached hydrogens (tertiary/aromatic N) is 1. The van der Waals surface area contributed by atoms with Crippen LogP contribution < -0.4 is 5.32 Å². The second-order valence-corrected chi connectivity index (χ2v) is 4.72. The lowest BCUT2D eigenvalue weighted by Gasteiger charge is -2.21. The molecule has 1 N–H and O–H groups in total. The van der Waals surface area contributed by atoms with Crippen LogP contribution in [0.25, 0.3) is 0 Å². The van der Waals surface area contributed by atoms with Gasteiger partial charge < -0.3 is 5.32 Å². The lowest BCUT2D eigenvalue weighted by atomic mass is 10.0. The first kappa shape index (κ1) is 13.8. The molecule has 5 heteroatoms. The second-order valence-electron chi connectivity index (χ2n) is 3.88. The van der Waals surface area contributed by atoms with Gasteiger partial charge in [0.1, 0.15) is 5.54 Å². The first-order valence-corrected chi connectivity index (χ1v) is 5.86. The Bertz CT molecular complexity index is 482. The van der Waals surface area contributed by atoms with Gasteiger partial charge in [-0.1, -0.05) is 30.1 Å². The summed E-state index contributed by atoms with van der Waals surface area (Å²) in [6, 6.07) is 6.68. The zero-order valence-corrected chi connectivity index (χ0v) is 11.1. The molecular formula is C12H12Cl2N2O. The van der Waals surface area contributed by atoms with E-state index < -0.39 is 11.4 Å². The smallest absolute Gasteiger partial charge is 0.254 e. The highest BCUT2D eigenvalue weighted by Gasteiger charge is 2.25. The van der Waals surface area contributed by atoms with Crippen LogP contribution in [0.5, 0.6) is 0 Å². The van der Waals surface area contributed by atoms with E-state index >= 15 is 0 Å².